The second kappa shape index (κ2) is 6.45. The van der Waals surface area contributed by atoms with Crippen LogP contribution in [0.3, 0.4) is 0 Å². The summed E-state index contributed by atoms with van der Waals surface area (Å²) in [6.07, 6.45) is 1.17. The third-order valence-electron chi connectivity index (χ3n) is 3.18. The number of hydrogen-bond acceptors (Lipinski definition) is 5. The molecule has 0 saturated heterocycles. The van der Waals surface area contributed by atoms with E-state index in [1.807, 2.05) is 11.4 Å². The van der Waals surface area contributed by atoms with Crippen molar-refractivity contribution in [2.75, 3.05) is 0 Å². The van der Waals surface area contributed by atoms with Crippen molar-refractivity contribution in [3.63, 3.8) is 0 Å². The SMILES string of the molecule is O=C(N[C@H](C(=O)O)c1ccccc1)c1ncoc1-c1cccs1. The molecule has 1 atom stereocenters. The van der Waals surface area contributed by atoms with E-state index in [0.717, 1.165) is 4.88 Å². The van der Waals surface area contributed by atoms with Gasteiger partial charge in [-0.05, 0) is 17.0 Å². The molecule has 116 valence electrons. The molecule has 0 radical (unpaired) electrons. The lowest BCUT2D eigenvalue weighted by molar-refractivity contribution is -0.139. The summed E-state index contributed by atoms with van der Waals surface area (Å²) in [7, 11) is 0. The molecular weight excluding hydrogens is 316 g/mol. The molecule has 0 unspecified atom stereocenters. The fraction of sp³-hybridized carbons (Fsp3) is 0.0625. The Labute approximate surface area is 135 Å². The van der Waals surface area contributed by atoms with Crippen molar-refractivity contribution in [1.29, 1.82) is 0 Å². The Morgan fingerprint density at radius 1 is 1.17 bits per heavy atom. The molecule has 2 aromatic heterocycles. The summed E-state index contributed by atoms with van der Waals surface area (Å²) in [5.74, 6) is -1.42. The van der Waals surface area contributed by atoms with Gasteiger partial charge in [0.25, 0.3) is 5.91 Å². The second-order valence-electron chi connectivity index (χ2n) is 4.66. The van der Waals surface area contributed by atoms with Gasteiger partial charge in [0.15, 0.2) is 23.9 Å². The van der Waals surface area contributed by atoms with Gasteiger partial charge >= 0.3 is 5.97 Å². The fourth-order valence-corrected chi connectivity index (χ4v) is 2.84. The second-order valence-corrected chi connectivity index (χ2v) is 5.61. The zero-order chi connectivity index (χ0) is 16.2. The van der Waals surface area contributed by atoms with E-state index in [2.05, 4.69) is 10.3 Å². The minimum Gasteiger partial charge on any atom is -0.479 e. The van der Waals surface area contributed by atoms with Gasteiger partial charge < -0.3 is 14.8 Å². The van der Waals surface area contributed by atoms with E-state index >= 15 is 0 Å². The monoisotopic (exact) mass is 328 g/mol. The fourth-order valence-electron chi connectivity index (χ4n) is 2.12. The number of carboxylic acid groups (broad SMARTS) is 1. The molecule has 0 spiro atoms. The number of carbonyl (C=O) groups is 2. The minimum absolute atomic E-state index is 0.0645. The number of thiophene rings is 1. The smallest absolute Gasteiger partial charge is 0.330 e. The first-order chi connectivity index (χ1) is 11.2. The van der Waals surface area contributed by atoms with Crippen LogP contribution in [0.25, 0.3) is 10.6 Å². The van der Waals surface area contributed by atoms with Crippen LogP contribution in [-0.4, -0.2) is 22.0 Å². The molecule has 2 heterocycles. The van der Waals surface area contributed by atoms with Gasteiger partial charge in [-0.1, -0.05) is 36.4 Å². The zero-order valence-corrected chi connectivity index (χ0v) is 12.6. The lowest BCUT2D eigenvalue weighted by atomic mass is 10.1. The van der Waals surface area contributed by atoms with Crippen LogP contribution in [0.1, 0.15) is 22.1 Å². The standard InChI is InChI=1S/C16H12N2O4S/c19-15(13-14(22-9-17-13)11-7-4-8-23-11)18-12(16(20)21)10-5-2-1-3-6-10/h1-9,12H,(H,18,19)(H,20,21)/t12-/m0/s1. The highest BCUT2D eigenvalue weighted by atomic mass is 32.1. The molecule has 6 nitrogen and oxygen atoms in total. The number of hydrogen-bond donors (Lipinski definition) is 2. The van der Waals surface area contributed by atoms with Crippen LogP contribution in [0.2, 0.25) is 0 Å². The van der Waals surface area contributed by atoms with Gasteiger partial charge in [-0.2, -0.15) is 0 Å². The maximum atomic E-state index is 12.4. The maximum absolute atomic E-state index is 12.4. The summed E-state index contributed by atoms with van der Waals surface area (Å²) in [6.45, 7) is 0. The number of benzene rings is 1. The van der Waals surface area contributed by atoms with Crippen LogP contribution in [-0.2, 0) is 4.79 Å². The molecule has 3 rings (SSSR count). The molecule has 0 aliphatic heterocycles. The Morgan fingerprint density at radius 3 is 2.61 bits per heavy atom. The average Bonchev–Trinajstić information content (AvgIpc) is 3.23. The number of nitrogens with one attached hydrogen (secondary N) is 1. The van der Waals surface area contributed by atoms with E-state index in [9.17, 15) is 14.7 Å². The predicted molar refractivity (Wildman–Crippen MR) is 84.1 cm³/mol. The summed E-state index contributed by atoms with van der Waals surface area (Å²) in [5.41, 5.74) is 0.546. The summed E-state index contributed by atoms with van der Waals surface area (Å²) in [6, 6.07) is 11.0. The molecule has 23 heavy (non-hydrogen) atoms. The third-order valence-corrected chi connectivity index (χ3v) is 4.05. The molecule has 1 amide bonds. The van der Waals surface area contributed by atoms with Crippen LogP contribution < -0.4 is 5.32 Å². The third kappa shape index (κ3) is 3.14. The van der Waals surface area contributed by atoms with Crippen molar-refractivity contribution < 1.29 is 19.1 Å². The van der Waals surface area contributed by atoms with E-state index in [4.69, 9.17) is 4.42 Å². The molecule has 0 aliphatic rings. The summed E-state index contributed by atoms with van der Waals surface area (Å²) in [4.78, 5) is 28.5. The number of nitrogens with zero attached hydrogens (tertiary/aromatic N) is 1. The number of amides is 1. The Hall–Kier alpha value is -2.93. The van der Waals surface area contributed by atoms with E-state index in [0.29, 0.717) is 11.3 Å². The Balaban J connectivity index is 1.87. The highest BCUT2D eigenvalue weighted by Gasteiger charge is 2.26. The molecule has 0 saturated carbocycles. The lowest BCUT2D eigenvalue weighted by Gasteiger charge is -2.14. The highest BCUT2D eigenvalue weighted by molar-refractivity contribution is 7.13. The van der Waals surface area contributed by atoms with Gasteiger partial charge in [-0.3, -0.25) is 4.79 Å². The number of carboxylic acids is 1. The van der Waals surface area contributed by atoms with Crippen molar-refractivity contribution in [3.8, 4) is 10.6 Å². The summed E-state index contributed by atoms with van der Waals surface area (Å²) in [5, 5.41) is 13.7. The van der Waals surface area contributed by atoms with Gasteiger partial charge in [0.05, 0.1) is 4.88 Å². The first kappa shape index (κ1) is 15.0. The Morgan fingerprint density at radius 2 is 1.96 bits per heavy atom. The highest BCUT2D eigenvalue weighted by Crippen LogP contribution is 2.28. The lowest BCUT2D eigenvalue weighted by Crippen LogP contribution is -2.34. The zero-order valence-electron chi connectivity index (χ0n) is 11.8. The molecule has 0 fully saturated rings. The first-order valence-corrected chi connectivity index (χ1v) is 7.61. The number of oxazole rings is 1. The van der Waals surface area contributed by atoms with Crippen molar-refractivity contribution in [1.82, 2.24) is 10.3 Å². The van der Waals surface area contributed by atoms with Gasteiger partial charge in [0, 0.05) is 0 Å². The summed E-state index contributed by atoms with van der Waals surface area (Å²) >= 11 is 1.40. The average molecular weight is 328 g/mol. The van der Waals surface area contributed by atoms with Gasteiger partial charge in [-0.25, -0.2) is 9.78 Å². The van der Waals surface area contributed by atoms with Crippen molar-refractivity contribution >= 4 is 23.2 Å². The molecule has 1 aromatic carbocycles. The van der Waals surface area contributed by atoms with E-state index < -0.39 is 17.9 Å². The molecule has 0 aliphatic carbocycles. The first-order valence-electron chi connectivity index (χ1n) is 6.73. The molecule has 2 N–H and O–H groups in total. The number of carbonyl (C=O) groups excluding carboxylic acids is 1. The van der Waals surface area contributed by atoms with Crippen LogP contribution in [0, 0.1) is 0 Å². The van der Waals surface area contributed by atoms with Crippen LogP contribution >= 0.6 is 11.3 Å². The molecule has 0 bridgehead atoms. The quantitative estimate of drug-likeness (QED) is 0.751. The number of rotatable bonds is 5. The molecule has 7 heteroatoms. The molecular formula is C16H12N2O4S. The predicted octanol–water partition coefficient (Wildman–Crippen LogP) is 2.96. The normalized spacial score (nSPS) is 11.8. The van der Waals surface area contributed by atoms with Crippen molar-refractivity contribution in [3.05, 3.63) is 65.5 Å². The van der Waals surface area contributed by atoms with Crippen LogP contribution in [0.5, 0.6) is 0 Å². The minimum atomic E-state index is -1.16. The number of aromatic nitrogens is 1. The number of aliphatic carboxylic acids is 1. The van der Waals surface area contributed by atoms with Crippen molar-refractivity contribution in [2.45, 2.75) is 6.04 Å². The van der Waals surface area contributed by atoms with Gasteiger partial charge in [0.2, 0.25) is 0 Å². The maximum Gasteiger partial charge on any atom is 0.330 e. The van der Waals surface area contributed by atoms with Crippen LogP contribution in [0.4, 0.5) is 0 Å². The van der Waals surface area contributed by atoms with E-state index in [-0.39, 0.29) is 5.69 Å². The van der Waals surface area contributed by atoms with Crippen molar-refractivity contribution in [2.24, 2.45) is 0 Å². The van der Waals surface area contributed by atoms with Crippen LogP contribution in [0.15, 0.2) is 58.7 Å². The molecule has 3 aromatic rings. The summed E-state index contributed by atoms with van der Waals surface area (Å²) < 4.78 is 5.27. The largest absolute Gasteiger partial charge is 0.479 e. The Kier molecular flexibility index (Phi) is 4.20. The van der Waals surface area contributed by atoms with E-state index in [1.165, 1.54) is 17.7 Å². The Bertz CT molecular complexity index is 812. The topological polar surface area (TPSA) is 92.4 Å². The van der Waals surface area contributed by atoms with Gasteiger partial charge in [-0.15, -0.1) is 11.3 Å². The van der Waals surface area contributed by atoms with Gasteiger partial charge in [0.1, 0.15) is 0 Å². The van der Waals surface area contributed by atoms with E-state index in [1.54, 1.807) is 36.4 Å².